The Hall–Kier alpha value is -2.82. The van der Waals surface area contributed by atoms with Crippen molar-refractivity contribution in [3.05, 3.63) is 0 Å². The minimum absolute atomic E-state index is 0.788. The highest BCUT2D eigenvalue weighted by Gasteiger charge is 2.60. The molecule has 0 aliphatic carbocycles. The van der Waals surface area contributed by atoms with E-state index in [2.05, 4.69) is 10.6 Å². The van der Waals surface area contributed by atoms with Gasteiger partial charge in [0.2, 0.25) is 11.8 Å². The summed E-state index contributed by atoms with van der Waals surface area (Å²) < 4.78 is 98.9. The van der Waals surface area contributed by atoms with Crippen LogP contribution in [0.3, 0.4) is 0 Å². The van der Waals surface area contributed by atoms with E-state index >= 15 is 0 Å². The molecule has 29 N–H and O–H groups in total. The normalized spacial score (nSPS) is 51.2. The number of carbonyl (C=O) groups excluding carboxylic acids is 2. The van der Waals surface area contributed by atoms with E-state index in [0.29, 0.717) is 0 Å². The first kappa shape index (κ1) is 87.2. The van der Waals surface area contributed by atoms with Gasteiger partial charge in [-0.25, -0.2) is 0 Å². The van der Waals surface area contributed by atoms with E-state index in [0.717, 1.165) is 13.8 Å². The van der Waals surface area contributed by atoms with Crippen LogP contribution in [0.4, 0.5) is 0 Å². The number of hydrogen-bond donors (Lipinski definition) is 29. The summed E-state index contributed by atoms with van der Waals surface area (Å²) >= 11 is 0. The first-order chi connectivity index (χ1) is 50.2. The van der Waals surface area contributed by atoms with E-state index in [-0.39, 0.29) is 0 Å². The van der Waals surface area contributed by atoms with Crippen LogP contribution in [0.25, 0.3) is 0 Å². The van der Waals surface area contributed by atoms with Crippen molar-refractivity contribution >= 4 is 11.8 Å². The molecule has 0 aromatic carbocycles. The van der Waals surface area contributed by atoms with Crippen LogP contribution < -0.4 is 10.6 Å². The fourth-order valence-electron chi connectivity index (χ4n) is 13.5. The van der Waals surface area contributed by atoms with Crippen molar-refractivity contribution < 1.29 is 228 Å². The molecule has 0 saturated carbocycles. The molecule has 0 bridgehead atoms. The standard InChI is InChI=1S/C58H98N2O46/c1-12(68)59-23-32(77)44(19(8-66)92-50(23)89)101-51-24(60-13(2)69)33(78)45(20(9-67)98-51)102-56-43(88)47(104-57-49(38(83)29(74)17(6-64)96-57)106-58-48(37(82)28(73)18(7-65)97-58)105-55-41(86)36(81)27(72)16(5-63)95-55)31(76)22(100-56)11-91-53-42(87)46(103-54-40(85)35(80)26(71)15(4-62)94-54)30(75)21(99-53)10-90-52-39(84)34(79)25(70)14(3-61)93-52/h14-58,61-67,70-89H,3-11H2,1-2H3,(H,59,68)(H,60,69)/t14-,15-,16-,17-,18-,19-,20-,21-,22-,23-,24-,25-,26-,27-,28-,29-,30-,31-,32-,33-,34+,35+,36+,37+,38+,39+,40+,41+,42+,43+,44-,45-,46+,47+,48+,49+,50-,51-,52+,53+,54-,55-,56+,57-,58-/m1/s1. The van der Waals surface area contributed by atoms with Crippen LogP contribution in [0, 0.1) is 0 Å². The maximum absolute atomic E-state index is 12.9. The Labute approximate surface area is 598 Å². The van der Waals surface area contributed by atoms with Crippen LogP contribution in [-0.4, -0.2) is 485 Å². The summed E-state index contributed by atoms with van der Waals surface area (Å²) in [6.07, 6.45) is -90.8. The second-order valence-electron chi connectivity index (χ2n) is 26.7. The Kier molecular flexibility index (Phi) is 31.1. The topological polar surface area (TPSA) is 761 Å². The molecule has 0 aromatic rings. The highest BCUT2D eigenvalue weighted by molar-refractivity contribution is 5.73. The summed E-state index contributed by atoms with van der Waals surface area (Å²) in [5.41, 5.74) is 0. The van der Waals surface area contributed by atoms with Crippen LogP contribution in [0.15, 0.2) is 0 Å². The summed E-state index contributed by atoms with van der Waals surface area (Å²) in [6, 6.07) is -3.57. The second-order valence-corrected chi connectivity index (χ2v) is 26.7. The minimum Gasteiger partial charge on any atom is -0.394 e. The molecule has 9 fully saturated rings. The number of carbonyl (C=O) groups is 2. The molecule has 616 valence electrons. The minimum atomic E-state index is -2.58. The fraction of sp³-hybridized carbons (Fsp3) is 0.966. The van der Waals surface area contributed by atoms with Gasteiger partial charge in [-0.05, 0) is 0 Å². The summed E-state index contributed by atoms with van der Waals surface area (Å²) in [7, 11) is 0. The summed E-state index contributed by atoms with van der Waals surface area (Å²) in [5, 5.41) is 301. The Morgan fingerprint density at radius 2 is 0.509 bits per heavy atom. The Morgan fingerprint density at radius 3 is 0.925 bits per heavy atom. The molecule has 9 aliphatic rings. The first-order valence-electron chi connectivity index (χ1n) is 33.7. The Morgan fingerprint density at radius 1 is 0.245 bits per heavy atom. The van der Waals surface area contributed by atoms with E-state index in [1.807, 2.05) is 0 Å². The molecule has 0 aromatic heterocycles. The second kappa shape index (κ2) is 37.9. The quantitative estimate of drug-likeness (QED) is 0.0363. The van der Waals surface area contributed by atoms with Gasteiger partial charge < -0.3 is 229 Å². The van der Waals surface area contributed by atoms with Gasteiger partial charge in [0, 0.05) is 13.8 Å². The lowest BCUT2D eigenvalue weighted by atomic mass is 9.94. The molecule has 45 atom stereocenters. The molecule has 9 rings (SSSR count). The van der Waals surface area contributed by atoms with Gasteiger partial charge >= 0.3 is 0 Å². The van der Waals surface area contributed by atoms with Crippen molar-refractivity contribution in [2.75, 3.05) is 59.5 Å². The lowest BCUT2D eigenvalue weighted by molar-refractivity contribution is -0.408. The molecule has 0 unspecified atom stereocenters. The highest BCUT2D eigenvalue weighted by Crippen LogP contribution is 2.40. The smallest absolute Gasteiger partial charge is 0.217 e. The van der Waals surface area contributed by atoms with Crippen LogP contribution in [0.1, 0.15) is 13.8 Å². The summed E-state index contributed by atoms with van der Waals surface area (Å²) in [5.74, 6) is -1.73. The fourth-order valence-corrected chi connectivity index (χ4v) is 13.5. The largest absolute Gasteiger partial charge is 0.394 e. The number of aliphatic hydroxyl groups is 27. The van der Waals surface area contributed by atoms with Crippen molar-refractivity contribution in [1.29, 1.82) is 0 Å². The SMILES string of the molecule is CC(=O)N[C@@H]1[C@@H](O)[C@H](O[C@H]2O[C@H](CO)[C@@H](O[C@@H]3O[C@H](CO[C@H]4O[C@H](CO[C@H]5O[C@H](CO)[C@@H](O)[C@H](O)[C@@H]5O)[C@@H](O)[C@H](O[C@H]5O[C@H](CO)[C@@H](O)[C@H](O)[C@@H]5O)[C@@H]4O)[C@@H](O)[C@H](O[C@H]4O[C@H](CO)[C@@H](O)[C@H](O)[C@@H]4O[C@H]4O[C@H](CO)[C@@H](O)[C@H](O)[C@@H]4O[C@H]4O[C@H](CO)[C@@H](O)[C@H](O)[C@@H]4O)[C@@H]3O)[C@H](O)[C@H]2NC(C)=O)[C@@H](CO)O[C@H]1O. The van der Waals surface area contributed by atoms with Gasteiger partial charge in [0.05, 0.1) is 59.5 Å². The van der Waals surface area contributed by atoms with Gasteiger partial charge in [0.1, 0.15) is 220 Å². The molecule has 48 heteroatoms. The van der Waals surface area contributed by atoms with Crippen LogP contribution in [0.5, 0.6) is 0 Å². The molecule has 9 saturated heterocycles. The Bertz CT molecular complexity index is 2710. The molecule has 0 radical (unpaired) electrons. The molecule has 9 aliphatic heterocycles. The zero-order chi connectivity index (χ0) is 77.9. The van der Waals surface area contributed by atoms with E-state index in [1.54, 1.807) is 0 Å². The van der Waals surface area contributed by atoms with Crippen molar-refractivity contribution in [2.45, 2.75) is 290 Å². The molecular formula is C58H98N2O46. The third kappa shape index (κ3) is 18.7. The van der Waals surface area contributed by atoms with E-state index in [4.69, 9.17) is 80.5 Å². The number of aliphatic hydroxyl groups excluding tert-OH is 27. The van der Waals surface area contributed by atoms with Crippen LogP contribution in [-0.2, 0) is 90.1 Å². The van der Waals surface area contributed by atoms with Crippen molar-refractivity contribution in [1.82, 2.24) is 10.6 Å². The maximum atomic E-state index is 12.9. The number of amides is 2. The van der Waals surface area contributed by atoms with Gasteiger partial charge in [-0.1, -0.05) is 0 Å². The third-order valence-electron chi connectivity index (χ3n) is 19.5. The van der Waals surface area contributed by atoms with Gasteiger partial charge in [-0.15, -0.1) is 0 Å². The van der Waals surface area contributed by atoms with E-state index in [9.17, 15) is 147 Å². The zero-order valence-electron chi connectivity index (χ0n) is 56.2. The van der Waals surface area contributed by atoms with E-state index in [1.165, 1.54) is 0 Å². The van der Waals surface area contributed by atoms with Gasteiger partial charge in [0.15, 0.2) is 56.6 Å². The van der Waals surface area contributed by atoms with Crippen molar-refractivity contribution in [3.63, 3.8) is 0 Å². The zero-order valence-corrected chi connectivity index (χ0v) is 56.2. The predicted molar refractivity (Wildman–Crippen MR) is 320 cm³/mol. The monoisotopic (exact) mass is 1560 g/mol. The molecule has 106 heavy (non-hydrogen) atoms. The molecule has 0 spiro atoms. The molecule has 9 heterocycles. The predicted octanol–water partition coefficient (Wildman–Crippen LogP) is -20.3. The average Bonchev–Trinajstić information content (AvgIpc) is 0.771. The van der Waals surface area contributed by atoms with Gasteiger partial charge in [-0.2, -0.15) is 0 Å². The number of hydrogen-bond acceptors (Lipinski definition) is 46. The van der Waals surface area contributed by atoms with Crippen LogP contribution >= 0.6 is 0 Å². The Balaban J connectivity index is 1.06. The van der Waals surface area contributed by atoms with Crippen LogP contribution in [0.2, 0.25) is 0 Å². The van der Waals surface area contributed by atoms with E-state index < -0.39 is 348 Å². The number of ether oxygens (including phenoxy) is 17. The lowest BCUT2D eigenvalue weighted by Gasteiger charge is -2.51. The van der Waals surface area contributed by atoms with Crippen molar-refractivity contribution in [3.8, 4) is 0 Å². The molecule has 2 amide bonds. The first-order valence-corrected chi connectivity index (χ1v) is 33.7. The number of nitrogens with one attached hydrogen (secondary N) is 2. The third-order valence-corrected chi connectivity index (χ3v) is 19.5. The number of rotatable bonds is 27. The summed E-state index contributed by atoms with van der Waals surface area (Å²) in [6.45, 7) is -7.74. The van der Waals surface area contributed by atoms with Crippen molar-refractivity contribution in [2.24, 2.45) is 0 Å². The average molecular weight is 1560 g/mol. The van der Waals surface area contributed by atoms with Gasteiger partial charge in [-0.3, -0.25) is 9.59 Å². The lowest BCUT2D eigenvalue weighted by Crippen LogP contribution is -2.70. The highest BCUT2D eigenvalue weighted by atomic mass is 16.8. The summed E-state index contributed by atoms with van der Waals surface area (Å²) in [4.78, 5) is 25.1. The van der Waals surface area contributed by atoms with Gasteiger partial charge in [0.25, 0.3) is 0 Å². The molecular weight excluding hydrogens is 1460 g/mol. The maximum Gasteiger partial charge on any atom is 0.217 e. The molecule has 48 nitrogen and oxygen atoms in total.